The molecule has 0 atom stereocenters. The molecule has 0 aliphatic carbocycles. The van der Waals surface area contributed by atoms with Crippen molar-refractivity contribution >= 4 is 34.1 Å². The normalized spacial score (nSPS) is 11.6. The summed E-state index contributed by atoms with van der Waals surface area (Å²) in [5.74, 6) is 0.223. The Hall–Kier alpha value is -3.33. The average Bonchev–Trinajstić information content (AvgIpc) is 2.68. The fourth-order valence-corrected chi connectivity index (χ4v) is 2.77. The molecule has 0 amide bonds. The minimum absolute atomic E-state index is 0.223. The van der Waals surface area contributed by atoms with Crippen LogP contribution in [0.2, 0.25) is 5.02 Å². The molecule has 0 aromatic carbocycles. The number of fused-ring (bicyclic) bond motifs is 1. The summed E-state index contributed by atoms with van der Waals surface area (Å²) >= 11 is 6.17. The van der Waals surface area contributed by atoms with E-state index in [2.05, 4.69) is 30.5 Å². The number of pyridine rings is 3. The molecule has 4 aromatic rings. The quantitative estimate of drug-likeness (QED) is 0.525. The van der Waals surface area contributed by atoms with E-state index in [9.17, 15) is 13.2 Å². The molecule has 0 spiro atoms. The number of aromatic nitrogens is 5. The van der Waals surface area contributed by atoms with Crippen molar-refractivity contribution in [1.29, 1.82) is 0 Å². The molecule has 140 valence electrons. The number of halogens is 4. The summed E-state index contributed by atoms with van der Waals surface area (Å²) in [6.07, 6.45) is 0.936. The summed E-state index contributed by atoms with van der Waals surface area (Å²) in [6.45, 7) is 0. The molecule has 0 radical (unpaired) electrons. The number of hydrogen-bond acceptors (Lipinski definition) is 6. The molecule has 4 aromatic heterocycles. The van der Waals surface area contributed by atoms with Crippen LogP contribution in [0.4, 0.5) is 24.7 Å². The maximum Gasteiger partial charge on any atom is 0.417 e. The van der Waals surface area contributed by atoms with Gasteiger partial charge >= 0.3 is 6.18 Å². The highest BCUT2D eigenvalue weighted by Gasteiger charge is 2.30. The Kier molecular flexibility index (Phi) is 4.52. The van der Waals surface area contributed by atoms with Crippen LogP contribution >= 0.6 is 11.6 Å². The van der Waals surface area contributed by atoms with E-state index < -0.39 is 11.7 Å². The zero-order valence-electron chi connectivity index (χ0n) is 13.9. The molecule has 10 heteroatoms. The first-order chi connectivity index (χ1) is 13.4. The van der Waals surface area contributed by atoms with Crippen molar-refractivity contribution in [3.8, 4) is 11.3 Å². The van der Waals surface area contributed by atoms with Gasteiger partial charge in [0, 0.05) is 24.2 Å². The van der Waals surface area contributed by atoms with Gasteiger partial charge in [-0.25, -0.2) is 4.98 Å². The smallest absolute Gasteiger partial charge is 0.337 e. The molecule has 6 nitrogen and oxygen atoms in total. The number of nitrogens with one attached hydrogen (secondary N) is 1. The van der Waals surface area contributed by atoms with Gasteiger partial charge in [-0.3, -0.25) is 9.97 Å². The van der Waals surface area contributed by atoms with E-state index in [1.165, 1.54) is 12.3 Å². The van der Waals surface area contributed by atoms with Crippen molar-refractivity contribution in [2.45, 2.75) is 6.18 Å². The van der Waals surface area contributed by atoms with Gasteiger partial charge in [0.15, 0.2) is 0 Å². The SMILES string of the molecule is FC(F)(F)c1ccc(Nc2cnnc3cc(-c4ncccc4Cl)cnc23)nc1. The Morgan fingerprint density at radius 2 is 1.82 bits per heavy atom. The molecule has 0 saturated heterocycles. The van der Waals surface area contributed by atoms with E-state index in [1.807, 2.05) is 0 Å². The number of rotatable bonds is 3. The lowest BCUT2D eigenvalue weighted by molar-refractivity contribution is -0.137. The highest BCUT2D eigenvalue weighted by Crippen LogP contribution is 2.31. The minimum Gasteiger partial charge on any atom is -0.337 e. The van der Waals surface area contributed by atoms with Crippen LogP contribution in [-0.4, -0.2) is 25.1 Å². The van der Waals surface area contributed by atoms with Crippen molar-refractivity contribution in [3.63, 3.8) is 0 Å². The Bertz CT molecular complexity index is 1150. The lowest BCUT2D eigenvalue weighted by Gasteiger charge is -2.10. The Labute approximate surface area is 161 Å². The number of anilines is 2. The first-order valence-electron chi connectivity index (χ1n) is 7.94. The fourth-order valence-electron chi connectivity index (χ4n) is 2.54. The highest BCUT2D eigenvalue weighted by atomic mass is 35.5. The molecule has 0 unspecified atom stereocenters. The zero-order chi connectivity index (χ0) is 19.7. The van der Waals surface area contributed by atoms with Crippen LogP contribution in [0.15, 0.2) is 55.1 Å². The summed E-state index contributed by atoms with van der Waals surface area (Å²) in [4.78, 5) is 12.4. The lowest BCUT2D eigenvalue weighted by Crippen LogP contribution is -2.06. The van der Waals surface area contributed by atoms with Gasteiger partial charge in [-0.15, -0.1) is 5.10 Å². The van der Waals surface area contributed by atoms with Crippen molar-refractivity contribution in [1.82, 2.24) is 25.1 Å². The molecule has 0 aliphatic rings. The van der Waals surface area contributed by atoms with Gasteiger partial charge in [-0.2, -0.15) is 18.3 Å². The molecule has 4 rings (SSSR count). The first-order valence-corrected chi connectivity index (χ1v) is 8.32. The maximum atomic E-state index is 12.7. The third kappa shape index (κ3) is 3.56. The van der Waals surface area contributed by atoms with Gasteiger partial charge in [-0.1, -0.05) is 11.6 Å². The van der Waals surface area contributed by atoms with E-state index in [4.69, 9.17) is 11.6 Å². The molecule has 4 heterocycles. The van der Waals surface area contributed by atoms with E-state index in [0.29, 0.717) is 33.0 Å². The Morgan fingerprint density at radius 1 is 0.964 bits per heavy atom. The molecule has 0 saturated carbocycles. The predicted molar refractivity (Wildman–Crippen MR) is 98.1 cm³/mol. The second-order valence-corrected chi connectivity index (χ2v) is 6.15. The zero-order valence-corrected chi connectivity index (χ0v) is 14.7. The minimum atomic E-state index is -4.44. The number of nitrogens with zero attached hydrogens (tertiary/aromatic N) is 5. The van der Waals surface area contributed by atoms with Gasteiger partial charge in [0.25, 0.3) is 0 Å². The van der Waals surface area contributed by atoms with E-state index in [1.54, 1.807) is 30.6 Å². The molecule has 0 bridgehead atoms. The van der Waals surface area contributed by atoms with Crippen LogP contribution in [-0.2, 0) is 6.18 Å². The Balaban J connectivity index is 1.68. The predicted octanol–water partition coefficient (Wildman–Crippen LogP) is 4.90. The van der Waals surface area contributed by atoms with Gasteiger partial charge < -0.3 is 5.32 Å². The van der Waals surface area contributed by atoms with Gasteiger partial charge in [0.1, 0.15) is 16.9 Å². The van der Waals surface area contributed by atoms with Crippen LogP contribution in [0, 0.1) is 0 Å². The van der Waals surface area contributed by atoms with Crippen molar-refractivity contribution in [3.05, 3.63) is 65.7 Å². The third-order valence-corrected chi connectivity index (χ3v) is 4.17. The third-order valence-electron chi connectivity index (χ3n) is 3.86. The summed E-state index contributed by atoms with van der Waals surface area (Å²) in [6, 6.07) is 7.35. The second kappa shape index (κ2) is 7.01. The molecule has 28 heavy (non-hydrogen) atoms. The van der Waals surface area contributed by atoms with Crippen LogP contribution in [0.3, 0.4) is 0 Å². The summed E-state index contributed by atoms with van der Waals surface area (Å²) in [5, 5.41) is 11.3. The van der Waals surface area contributed by atoms with Crippen molar-refractivity contribution in [2.24, 2.45) is 0 Å². The molecular formula is C18H10ClF3N6. The largest absolute Gasteiger partial charge is 0.417 e. The lowest BCUT2D eigenvalue weighted by atomic mass is 10.1. The van der Waals surface area contributed by atoms with Crippen LogP contribution < -0.4 is 5.32 Å². The number of alkyl halides is 3. The maximum absolute atomic E-state index is 12.7. The van der Waals surface area contributed by atoms with Gasteiger partial charge in [-0.05, 0) is 30.3 Å². The van der Waals surface area contributed by atoms with Crippen LogP contribution in [0.25, 0.3) is 22.3 Å². The standard InChI is InChI=1S/C18H10ClF3N6/c19-12-2-1-5-23-16(12)10-6-13-17(25-7-10)14(9-26-28-13)27-15-4-3-11(8-24-15)18(20,21)22/h1-9H,(H,24,27,28). The van der Waals surface area contributed by atoms with E-state index >= 15 is 0 Å². The first kappa shape index (κ1) is 18.1. The fraction of sp³-hybridized carbons (Fsp3) is 0.0556. The second-order valence-electron chi connectivity index (χ2n) is 5.74. The topological polar surface area (TPSA) is 76.5 Å². The van der Waals surface area contributed by atoms with E-state index in [-0.39, 0.29) is 5.82 Å². The molecular weight excluding hydrogens is 393 g/mol. The Morgan fingerprint density at radius 3 is 2.54 bits per heavy atom. The summed E-state index contributed by atoms with van der Waals surface area (Å²) in [5.41, 5.74) is 1.80. The van der Waals surface area contributed by atoms with Gasteiger partial charge in [0.2, 0.25) is 0 Å². The number of hydrogen-bond donors (Lipinski definition) is 1. The van der Waals surface area contributed by atoms with Crippen LogP contribution in [0.5, 0.6) is 0 Å². The van der Waals surface area contributed by atoms with E-state index in [0.717, 1.165) is 12.3 Å². The highest BCUT2D eigenvalue weighted by molar-refractivity contribution is 6.33. The molecule has 0 aliphatic heterocycles. The van der Waals surface area contributed by atoms with Crippen molar-refractivity contribution < 1.29 is 13.2 Å². The molecule has 1 N–H and O–H groups in total. The average molecular weight is 403 g/mol. The summed E-state index contributed by atoms with van der Waals surface area (Å²) in [7, 11) is 0. The van der Waals surface area contributed by atoms with Gasteiger partial charge in [0.05, 0.1) is 28.2 Å². The van der Waals surface area contributed by atoms with Crippen LogP contribution in [0.1, 0.15) is 5.56 Å². The summed E-state index contributed by atoms with van der Waals surface area (Å²) < 4.78 is 38.0. The van der Waals surface area contributed by atoms with Crippen molar-refractivity contribution in [2.75, 3.05) is 5.32 Å². The monoisotopic (exact) mass is 402 g/mol. The molecule has 0 fully saturated rings.